The fourth-order valence-corrected chi connectivity index (χ4v) is 24.1. The van der Waals surface area contributed by atoms with Crippen LogP contribution in [0.25, 0.3) is 12.2 Å². The fourth-order valence-electron chi connectivity index (χ4n) is 11.0. The molecule has 568 valence electrons. The number of carbonyl (C=O) groups excluding carboxylic acids is 2. The van der Waals surface area contributed by atoms with Crippen molar-refractivity contribution in [2.24, 2.45) is 0 Å². The number of carboxylic acids is 2. The zero-order chi connectivity index (χ0) is 74.8. The van der Waals surface area contributed by atoms with E-state index >= 15 is 0 Å². The first-order chi connectivity index (χ1) is 51.6. The molecular weight excluding hydrogens is 2120 g/mol. The van der Waals surface area contributed by atoms with Crippen LogP contribution in [0.3, 0.4) is 0 Å². The third-order valence-electron chi connectivity index (χ3n) is 15.8. The Kier molecular flexibility index (Phi) is 44.6. The summed E-state index contributed by atoms with van der Waals surface area (Å²) in [5.41, 5.74) is 0.621. The van der Waals surface area contributed by atoms with Crippen LogP contribution in [0.15, 0.2) is 416 Å². The van der Waals surface area contributed by atoms with Gasteiger partial charge in [-0.2, -0.15) is 9.81 Å². The van der Waals surface area contributed by atoms with Gasteiger partial charge in [-0.25, -0.2) is 0 Å². The quantitative estimate of drug-likeness (QED) is 0.0425. The van der Waals surface area contributed by atoms with Crippen molar-refractivity contribution >= 4 is 208 Å². The van der Waals surface area contributed by atoms with E-state index in [1.165, 1.54) is 63.7 Å². The van der Waals surface area contributed by atoms with Crippen LogP contribution in [-0.4, -0.2) is 22.2 Å². The minimum atomic E-state index is -1.44. The van der Waals surface area contributed by atoms with E-state index < -0.39 is 43.6 Å². The van der Waals surface area contributed by atoms with Gasteiger partial charge in [0.05, 0.1) is 40.6 Å². The number of hydrogen-bond acceptors (Lipinski definition) is 8. The Balaban J connectivity index is 0.000000235. The van der Waals surface area contributed by atoms with Crippen molar-refractivity contribution in [3.8, 4) is 11.5 Å². The van der Waals surface area contributed by atoms with Crippen molar-refractivity contribution in [3.63, 3.8) is 0 Å². The predicted octanol–water partition coefficient (Wildman–Crippen LogP) is 15.8. The van der Waals surface area contributed by atoms with Crippen molar-refractivity contribution in [2.75, 3.05) is 0 Å². The Labute approximate surface area is 757 Å². The number of hydrogen-bond donors (Lipinski definition) is 2. The van der Waals surface area contributed by atoms with Crippen LogP contribution in [0.1, 0.15) is 11.1 Å². The second kappa shape index (κ2) is 51.8. The molecule has 0 aliphatic carbocycles. The molecule has 2 N–H and O–H groups in total. The topological polar surface area (TPSA) is 121 Å². The fraction of sp³-hybridized carbons (Fsp3) is 0. The number of carbonyl (C=O) groups is 2. The number of phenolic OH excluding ortho intramolecular Hbond substituents is 2. The van der Waals surface area contributed by atoms with E-state index in [-0.39, 0.29) is 111 Å². The zero-order valence-corrected chi connectivity index (χ0v) is 76.1. The molecule has 14 aromatic rings. The Bertz CT molecular complexity index is 4120. The predicted molar refractivity (Wildman–Crippen MR) is 474 cm³/mol. The molecule has 0 radical (unpaired) electrons. The molecule has 6 nitrogen and oxygen atoms in total. The Morgan fingerprint density at radius 2 is 0.382 bits per heavy atom. The molecular formula is C90H72Ag4Br4O6P4S2+4. The summed E-state index contributed by atoms with van der Waals surface area (Å²) in [4.78, 5) is 20.1. The van der Waals surface area contributed by atoms with Gasteiger partial charge in [-0.3, -0.25) is 0 Å². The van der Waals surface area contributed by atoms with Crippen molar-refractivity contribution in [2.45, 2.75) is 0 Å². The molecule has 0 atom stereocenters. The van der Waals surface area contributed by atoms with Crippen LogP contribution < -0.4 is 73.9 Å². The molecule has 0 aromatic heterocycles. The summed E-state index contributed by atoms with van der Waals surface area (Å²) in [6, 6.07) is 136. The van der Waals surface area contributed by atoms with E-state index in [1.807, 2.05) is 0 Å². The third kappa shape index (κ3) is 30.2. The van der Waals surface area contributed by atoms with Crippen molar-refractivity contribution in [1.82, 2.24) is 0 Å². The molecule has 0 aliphatic rings. The smallest absolute Gasteiger partial charge is 0.778 e. The minimum absolute atomic E-state index is 0. The summed E-state index contributed by atoms with van der Waals surface area (Å²) in [7, 11) is -3.51. The maximum absolute atomic E-state index is 10.4. The molecule has 0 aliphatic heterocycles. The van der Waals surface area contributed by atoms with Gasteiger partial charge in [-0.15, -0.1) is 0 Å². The molecule has 20 heteroatoms. The second-order valence-electron chi connectivity index (χ2n) is 23.1. The first-order valence-corrected chi connectivity index (χ1v) is 43.3. The third-order valence-corrected chi connectivity index (χ3v) is 29.5. The summed E-state index contributed by atoms with van der Waals surface area (Å²) in [6.45, 7) is 0. The first kappa shape index (κ1) is 94.7. The number of aromatic hydroxyl groups is 2. The zero-order valence-electron chi connectivity index (χ0n) is 58.2. The summed E-state index contributed by atoms with van der Waals surface area (Å²) in [6.07, 6.45) is 2.32. The van der Waals surface area contributed by atoms with Crippen LogP contribution in [-0.2, 0) is 124 Å². The van der Waals surface area contributed by atoms with Crippen LogP contribution in [0.2, 0.25) is 0 Å². The van der Waals surface area contributed by atoms with E-state index in [4.69, 9.17) is 0 Å². The monoisotopic (exact) mass is 2180 g/mol. The Hall–Kier alpha value is -5.86. The second-order valence-corrected chi connectivity index (χ2v) is 37.5. The molecule has 14 aromatic carbocycles. The van der Waals surface area contributed by atoms with E-state index in [1.54, 1.807) is 24.3 Å². The molecule has 0 fully saturated rings. The molecule has 0 amide bonds. The van der Waals surface area contributed by atoms with Crippen LogP contribution in [0.4, 0.5) is 0 Å². The summed E-state index contributed by atoms with van der Waals surface area (Å²) < 4.78 is 2.28. The van der Waals surface area contributed by atoms with Gasteiger partial charge in [-0.1, -0.05) is 262 Å². The average molecular weight is 2190 g/mol. The molecule has 0 saturated heterocycles. The molecule has 0 saturated carbocycles. The van der Waals surface area contributed by atoms with Gasteiger partial charge in [0.15, 0.2) is 0 Å². The minimum Gasteiger partial charge on any atom is -0.778 e. The van der Waals surface area contributed by atoms with Crippen molar-refractivity contribution in [3.05, 3.63) is 427 Å². The number of halogens is 4. The van der Waals surface area contributed by atoms with Crippen molar-refractivity contribution < 1.29 is 120 Å². The van der Waals surface area contributed by atoms with Crippen molar-refractivity contribution in [1.29, 1.82) is 0 Å². The molecule has 0 bridgehead atoms. The maximum atomic E-state index is 10.4. The Morgan fingerprint density at radius 1 is 0.255 bits per heavy atom. The molecule has 0 unspecified atom stereocenters. The van der Waals surface area contributed by atoms with Gasteiger partial charge < -0.3 is 55.3 Å². The number of benzene rings is 14. The summed E-state index contributed by atoms with van der Waals surface area (Å²) in [5, 5.41) is 57.2. The first-order valence-electron chi connectivity index (χ1n) is 33.3. The number of carboxylic acid groups (broad SMARTS) is 2. The summed E-state index contributed by atoms with van der Waals surface area (Å²) in [5.74, 6) is -3.02. The molecule has 110 heavy (non-hydrogen) atoms. The van der Waals surface area contributed by atoms with Crippen LogP contribution in [0, 0.1) is 0 Å². The maximum Gasteiger partial charge on any atom is 1.00 e. The number of aliphatic carboxylic acids is 2. The van der Waals surface area contributed by atoms with E-state index in [2.05, 4.69) is 453 Å². The van der Waals surface area contributed by atoms with E-state index in [0.717, 1.165) is 12.2 Å². The summed E-state index contributed by atoms with van der Waals surface area (Å²) >= 11 is 21.7. The van der Waals surface area contributed by atoms with Gasteiger partial charge in [0, 0.05) is 32.0 Å². The normalized spacial score (nSPS) is 10.4. The Morgan fingerprint density at radius 3 is 0.500 bits per heavy atom. The van der Waals surface area contributed by atoms with Gasteiger partial charge in [0.25, 0.3) is 0 Å². The largest absolute Gasteiger partial charge is 1.00 e. The van der Waals surface area contributed by atoms with Gasteiger partial charge in [-0.05, 0) is 202 Å². The SMILES string of the molecule is O=C([O-])/C([S-])=C/c1cc(Br)cc(Br)c1O.O=C([O-])/C([S-])=C/c1cc(Br)cc(Br)c1O.[Ag+].[Ag+].[Ag+].[Ag+].c1ccc([PH+](c2ccccc2)c2ccccc2)cc1.c1ccc([PH+](c2ccccc2)c2ccccc2)cc1.c1ccc([PH+](c2ccccc2)c2ccccc2)cc1.c1ccc([PH+](c2ccccc2)c2ccccc2)cc1. The van der Waals surface area contributed by atoms with Gasteiger partial charge >= 0.3 is 89.5 Å². The van der Waals surface area contributed by atoms with Crippen LogP contribution >= 0.6 is 95.4 Å². The number of rotatable bonds is 16. The average Bonchev–Trinajstić information content (AvgIpc) is 0.845. The molecule has 0 spiro atoms. The van der Waals surface area contributed by atoms with Crippen LogP contribution in [0.5, 0.6) is 11.5 Å². The number of phenols is 2. The van der Waals surface area contributed by atoms with Gasteiger partial charge in [0.2, 0.25) is 0 Å². The van der Waals surface area contributed by atoms with E-state index in [9.17, 15) is 30.0 Å². The standard InChI is InChI=1S/4C18H15P.2C9H6Br2O3S.4Ag/c4*1-4-10-16(11-5-1)19(17-12-6-2-7-13-17)18-14-8-3-9-15-18;2*10-5-1-4(2-7(15)9(13)14)8(12)6(11)3-5;;;;/h4*1-15H;2*1-3,12,15H,(H,13,14);;;;/q;;;;;;4*+1/b;;;;2*7-2-;;;;. The molecule has 0 heterocycles. The molecule has 14 rings (SSSR count). The van der Waals surface area contributed by atoms with E-state index in [0.29, 0.717) is 29.0 Å². The van der Waals surface area contributed by atoms with Gasteiger partial charge in [0.1, 0.15) is 75.2 Å².